The number of thiophene rings is 1. The van der Waals surface area contributed by atoms with E-state index in [1.807, 2.05) is 0 Å². The fourth-order valence-corrected chi connectivity index (χ4v) is 5.67. The van der Waals surface area contributed by atoms with Gasteiger partial charge in [-0.15, -0.1) is 11.3 Å². The van der Waals surface area contributed by atoms with Crippen molar-refractivity contribution in [2.45, 2.75) is 18.9 Å². The molecule has 1 fully saturated rings. The summed E-state index contributed by atoms with van der Waals surface area (Å²) >= 11 is 13.1. The van der Waals surface area contributed by atoms with E-state index in [1.54, 1.807) is 12.0 Å². The summed E-state index contributed by atoms with van der Waals surface area (Å²) in [5, 5.41) is 0. The second-order valence-electron chi connectivity index (χ2n) is 5.14. The van der Waals surface area contributed by atoms with Gasteiger partial charge in [0, 0.05) is 26.3 Å². The van der Waals surface area contributed by atoms with Crippen LogP contribution in [0.4, 0.5) is 0 Å². The molecule has 124 valence electrons. The highest BCUT2D eigenvalue weighted by Gasteiger charge is 2.35. The summed E-state index contributed by atoms with van der Waals surface area (Å²) in [5.41, 5.74) is 0.332. The van der Waals surface area contributed by atoms with Gasteiger partial charge < -0.3 is 9.64 Å². The van der Waals surface area contributed by atoms with Gasteiger partial charge in [0.05, 0.1) is 21.4 Å². The van der Waals surface area contributed by atoms with Crippen molar-refractivity contribution in [2.24, 2.45) is 0 Å². The third kappa shape index (κ3) is 4.35. The maximum atomic E-state index is 12.7. The van der Waals surface area contributed by atoms with Crippen molar-refractivity contribution in [3.05, 3.63) is 20.3 Å². The minimum Gasteiger partial charge on any atom is -0.385 e. The minimum atomic E-state index is -3.07. The fraction of sp³-hybridized carbons (Fsp3) is 0.615. The van der Waals surface area contributed by atoms with Crippen LogP contribution >= 0.6 is 34.5 Å². The van der Waals surface area contributed by atoms with Gasteiger partial charge in [0.15, 0.2) is 9.84 Å². The summed E-state index contributed by atoms with van der Waals surface area (Å²) in [4.78, 5) is 14.3. The molecule has 2 rings (SSSR count). The Labute approximate surface area is 144 Å². The second-order valence-corrected chi connectivity index (χ2v) is 9.65. The van der Waals surface area contributed by atoms with Crippen LogP contribution in [0.1, 0.15) is 23.2 Å². The summed E-state index contributed by atoms with van der Waals surface area (Å²) in [6, 6.07) is 1.22. The predicted molar refractivity (Wildman–Crippen MR) is 88.9 cm³/mol. The van der Waals surface area contributed by atoms with Gasteiger partial charge in [0.1, 0.15) is 4.34 Å². The molecule has 22 heavy (non-hydrogen) atoms. The number of amides is 1. The van der Waals surface area contributed by atoms with Crippen molar-refractivity contribution in [2.75, 3.05) is 31.8 Å². The second kappa shape index (κ2) is 7.49. The molecule has 0 radical (unpaired) electrons. The first-order valence-electron chi connectivity index (χ1n) is 6.79. The number of sulfone groups is 1. The predicted octanol–water partition coefficient (Wildman–Crippen LogP) is 2.72. The number of rotatable bonds is 6. The van der Waals surface area contributed by atoms with Gasteiger partial charge in [-0.1, -0.05) is 23.2 Å². The molecule has 9 heteroatoms. The highest BCUT2D eigenvalue weighted by atomic mass is 35.5. The molecule has 1 aliphatic heterocycles. The minimum absolute atomic E-state index is 0.00120. The molecule has 1 unspecified atom stereocenters. The zero-order valence-electron chi connectivity index (χ0n) is 12.0. The van der Waals surface area contributed by atoms with Gasteiger partial charge in [-0.3, -0.25) is 4.79 Å². The Bertz CT molecular complexity index is 644. The number of hydrogen-bond acceptors (Lipinski definition) is 5. The van der Waals surface area contributed by atoms with Crippen LogP contribution in [0.15, 0.2) is 6.07 Å². The van der Waals surface area contributed by atoms with Gasteiger partial charge in [-0.2, -0.15) is 0 Å². The number of ether oxygens (including phenoxy) is 1. The van der Waals surface area contributed by atoms with Crippen molar-refractivity contribution in [3.8, 4) is 0 Å². The molecule has 0 aliphatic carbocycles. The van der Waals surface area contributed by atoms with E-state index in [0.29, 0.717) is 40.2 Å². The number of nitrogens with zero attached hydrogens (tertiary/aromatic N) is 1. The Hall–Kier alpha value is -0.340. The molecule has 0 bridgehead atoms. The van der Waals surface area contributed by atoms with Crippen LogP contribution in [0.25, 0.3) is 0 Å². The van der Waals surface area contributed by atoms with Gasteiger partial charge >= 0.3 is 0 Å². The zero-order valence-corrected chi connectivity index (χ0v) is 15.2. The van der Waals surface area contributed by atoms with Crippen LogP contribution in [0, 0.1) is 0 Å². The maximum Gasteiger partial charge on any atom is 0.256 e. The number of methoxy groups -OCH3 is 1. The number of carbonyl (C=O) groups is 1. The Balaban J connectivity index is 2.20. The SMILES string of the molecule is COCCCN(C(=O)c1cc(Cl)sc1Cl)C1CCS(=O)(=O)C1. The Morgan fingerprint density at radius 3 is 2.73 bits per heavy atom. The van der Waals surface area contributed by atoms with E-state index in [0.717, 1.165) is 11.3 Å². The van der Waals surface area contributed by atoms with Gasteiger partial charge in [0.25, 0.3) is 5.91 Å². The molecule has 1 aromatic heterocycles. The molecule has 0 spiro atoms. The Morgan fingerprint density at radius 1 is 1.50 bits per heavy atom. The van der Waals surface area contributed by atoms with E-state index < -0.39 is 9.84 Å². The first-order valence-corrected chi connectivity index (χ1v) is 10.2. The number of carbonyl (C=O) groups excluding carboxylic acids is 1. The lowest BCUT2D eigenvalue weighted by Crippen LogP contribution is -2.42. The van der Waals surface area contributed by atoms with E-state index in [9.17, 15) is 13.2 Å². The summed E-state index contributed by atoms with van der Waals surface area (Å²) in [6.45, 7) is 0.929. The monoisotopic (exact) mass is 385 g/mol. The van der Waals surface area contributed by atoms with Gasteiger partial charge in [-0.25, -0.2) is 8.42 Å². The summed E-state index contributed by atoms with van der Waals surface area (Å²) < 4.78 is 29.2. The van der Waals surface area contributed by atoms with Crippen molar-refractivity contribution in [3.63, 3.8) is 0 Å². The van der Waals surface area contributed by atoms with Crippen molar-refractivity contribution in [1.82, 2.24) is 4.90 Å². The van der Waals surface area contributed by atoms with Crippen LogP contribution in [-0.4, -0.2) is 57.0 Å². The van der Waals surface area contributed by atoms with Crippen molar-refractivity contribution < 1.29 is 17.9 Å². The standard InChI is InChI=1S/C13H17Cl2NO4S2/c1-20-5-2-4-16(9-3-6-22(18,19)8-9)13(17)10-7-11(14)21-12(10)15/h7,9H,2-6,8H2,1H3. The van der Waals surface area contributed by atoms with Crippen LogP contribution in [0.3, 0.4) is 0 Å². The summed E-state index contributed by atoms with van der Waals surface area (Å²) in [7, 11) is -1.49. The summed E-state index contributed by atoms with van der Waals surface area (Å²) in [5.74, 6) is -0.156. The van der Waals surface area contributed by atoms with Crippen LogP contribution in [0.5, 0.6) is 0 Å². The van der Waals surface area contributed by atoms with E-state index in [4.69, 9.17) is 27.9 Å². The Kier molecular flexibility index (Phi) is 6.13. The molecular formula is C13H17Cl2NO4S2. The molecular weight excluding hydrogens is 369 g/mol. The molecule has 0 aromatic carbocycles. The van der Waals surface area contributed by atoms with Crippen LogP contribution < -0.4 is 0 Å². The van der Waals surface area contributed by atoms with E-state index in [1.165, 1.54) is 6.07 Å². The molecule has 5 nitrogen and oxygen atoms in total. The third-order valence-electron chi connectivity index (χ3n) is 3.54. The molecule has 0 N–H and O–H groups in total. The average molecular weight is 386 g/mol. The lowest BCUT2D eigenvalue weighted by atomic mass is 10.1. The van der Waals surface area contributed by atoms with E-state index in [2.05, 4.69) is 0 Å². The molecule has 1 amide bonds. The van der Waals surface area contributed by atoms with Gasteiger partial charge in [-0.05, 0) is 18.9 Å². The molecule has 1 atom stereocenters. The quantitative estimate of drug-likeness (QED) is 0.706. The number of halogens is 2. The highest BCUT2D eigenvalue weighted by Crippen LogP contribution is 2.33. The Morgan fingerprint density at radius 2 is 2.23 bits per heavy atom. The smallest absolute Gasteiger partial charge is 0.256 e. The molecule has 1 aliphatic rings. The molecule has 1 saturated heterocycles. The fourth-order valence-electron chi connectivity index (χ4n) is 2.49. The maximum absolute atomic E-state index is 12.7. The lowest BCUT2D eigenvalue weighted by molar-refractivity contribution is 0.0675. The first kappa shape index (κ1) is 18.0. The summed E-state index contributed by atoms with van der Waals surface area (Å²) in [6.07, 6.45) is 1.09. The third-order valence-corrected chi connectivity index (χ3v) is 6.78. The molecule has 1 aromatic rings. The van der Waals surface area contributed by atoms with Gasteiger partial charge in [0.2, 0.25) is 0 Å². The first-order chi connectivity index (χ1) is 10.3. The zero-order chi connectivity index (χ0) is 16.3. The molecule has 0 saturated carbocycles. The normalized spacial score (nSPS) is 20.2. The average Bonchev–Trinajstić information content (AvgIpc) is 2.96. The lowest BCUT2D eigenvalue weighted by Gasteiger charge is -2.28. The van der Waals surface area contributed by atoms with E-state index in [-0.39, 0.29) is 23.5 Å². The van der Waals surface area contributed by atoms with Crippen molar-refractivity contribution >= 4 is 50.3 Å². The highest BCUT2D eigenvalue weighted by molar-refractivity contribution is 7.91. The van der Waals surface area contributed by atoms with E-state index >= 15 is 0 Å². The largest absolute Gasteiger partial charge is 0.385 e. The van der Waals surface area contributed by atoms with Crippen LogP contribution in [-0.2, 0) is 14.6 Å². The molecule has 2 heterocycles. The number of hydrogen-bond donors (Lipinski definition) is 0. The van der Waals surface area contributed by atoms with Crippen molar-refractivity contribution in [1.29, 1.82) is 0 Å². The van der Waals surface area contributed by atoms with Crippen LogP contribution in [0.2, 0.25) is 8.67 Å². The topological polar surface area (TPSA) is 63.7 Å².